The molecule has 2 N–H and O–H groups in total. The Balaban J connectivity index is 0.00000363. The Labute approximate surface area is 209 Å². The van der Waals surface area contributed by atoms with Gasteiger partial charge >= 0.3 is 0 Å². The van der Waals surface area contributed by atoms with Crippen molar-refractivity contribution in [2.75, 3.05) is 33.8 Å². The molecule has 0 radical (unpaired) electrons. The van der Waals surface area contributed by atoms with Crippen molar-refractivity contribution >= 4 is 29.9 Å². The van der Waals surface area contributed by atoms with Crippen molar-refractivity contribution in [2.45, 2.75) is 44.9 Å². The van der Waals surface area contributed by atoms with Gasteiger partial charge in [-0.25, -0.2) is 0 Å². The fraction of sp³-hybridized carbons (Fsp3) is 0.480. The monoisotopic (exact) mass is 552 g/mol. The number of nitrogens with one attached hydrogen (secondary N) is 2. The number of ether oxygens (including phenoxy) is 2. The Morgan fingerprint density at radius 1 is 1.03 bits per heavy atom. The van der Waals surface area contributed by atoms with E-state index in [-0.39, 0.29) is 30.1 Å². The van der Waals surface area contributed by atoms with E-state index in [9.17, 15) is 0 Å². The van der Waals surface area contributed by atoms with E-state index < -0.39 is 0 Å². The van der Waals surface area contributed by atoms with Gasteiger partial charge in [0.25, 0.3) is 0 Å². The molecule has 1 heterocycles. The van der Waals surface area contributed by atoms with Crippen LogP contribution in [0.1, 0.15) is 38.3 Å². The number of likely N-dealkylation sites (tertiary alicyclic amines) is 1. The SMILES string of the molecule is CN=C(NCC(C)Oc1ccc(OC)cc1)NC1CCN(C(C)c2ccccc2)CC1.I. The molecular weight excluding hydrogens is 515 g/mol. The Bertz CT molecular complexity index is 808. The largest absolute Gasteiger partial charge is 0.497 e. The normalized spacial score (nSPS) is 17.1. The number of nitrogens with zero attached hydrogens (tertiary/aromatic N) is 2. The molecule has 7 heteroatoms. The number of piperidine rings is 1. The van der Waals surface area contributed by atoms with E-state index in [2.05, 4.69) is 57.8 Å². The van der Waals surface area contributed by atoms with Crippen LogP contribution in [0.3, 0.4) is 0 Å². The van der Waals surface area contributed by atoms with Crippen molar-refractivity contribution in [3.05, 3.63) is 60.2 Å². The van der Waals surface area contributed by atoms with E-state index in [0.29, 0.717) is 18.6 Å². The third kappa shape index (κ3) is 7.85. The minimum Gasteiger partial charge on any atom is -0.497 e. The average Bonchev–Trinajstić information content (AvgIpc) is 2.82. The lowest BCUT2D eigenvalue weighted by Gasteiger charge is -2.37. The fourth-order valence-electron chi connectivity index (χ4n) is 3.93. The summed E-state index contributed by atoms with van der Waals surface area (Å²) in [4.78, 5) is 6.96. The van der Waals surface area contributed by atoms with Crippen molar-refractivity contribution in [1.82, 2.24) is 15.5 Å². The van der Waals surface area contributed by atoms with Crippen molar-refractivity contribution in [1.29, 1.82) is 0 Å². The smallest absolute Gasteiger partial charge is 0.191 e. The summed E-state index contributed by atoms with van der Waals surface area (Å²) in [6, 6.07) is 19.3. The molecule has 0 amide bonds. The van der Waals surface area contributed by atoms with Crippen LogP contribution >= 0.6 is 24.0 Å². The van der Waals surface area contributed by atoms with Crippen LogP contribution in [-0.4, -0.2) is 56.8 Å². The lowest BCUT2D eigenvalue weighted by Crippen LogP contribution is -2.50. The van der Waals surface area contributed by atoms with Gasteiger partial charge in [-0.2, -0.15) is 0 Å². The topological polar surface area (TPSA) is 58.1 Å². The third-order valence-corrected chi connectivity index (χ3v) is 5.88. The summed E-state index contributed by atoms with van der Waals surface area (Å²) < 4.78 is 11.2. The number of hydrogen-bond donors (Lipinski definition) is 2. The first-order valence-electron chi connectivity index (χ1n) is 11.2. The molecule has 3 rings (SSSR count). The van der Waals surface area contributed by atoms with Gasteiger partial charge in [0.1, 0.15) is 17.6 Å². The highest BCUT2D eigenvalue weighted by Crippen LogP contribution is 2.24. The highest BCUT2D eigenvalue weighted by atomic mass is 127. The van der Waals surface area contributed by atoms with Gasteiger partial charge in [-0.15, -0.1) is 24.0 Å². The molecule has 0 aliphatic carbocycles. The second kappa shape index (κ2) is 13.5. The van der Waals surface area contributed by atoms with E-state index in [1.807, 2.05) is 38.2 Å². The number of guanidine groups is 1. The summed E-state index contributed by atoms with van der Waals surface area (Å²) in [5.41, 5.74) is 1.39. The highest BCUT2D eigenvalue weighted by Gasteiger charge is 2.24. The molecule has 6 nitrogen and oxygen atoms in total. The molecule has 2 unspecified atom stereocenters. The quantitative estimate of drug-likeness (QED) is 0.288. The minimum atomic E-state index is 0. The number of rotatable bonds is 8. The Kier molecular flexibility index (Phi) is 11.1. The molecule has 2 aromatic carbocycles. The molecule has 32 heavy (non-hydrogen) atoms. The summed E-state index contributed by atoms with van der Waals surface area (Å²) in [5.74, 6) is 2.49. The number of halogens is 1. The molecule has 176 valence electrons. The van der Waals surface area contributed by atoms with Crippen LogP contribution in [0.2, 0.25) is 0 Å². The first-order valence-corrected chi connectivity index (χ1v) is 11.2. The number of hydrogen-bond acceptors (Lipinski definition) is 4. The number of methoxy groups -OCH3 is 1. The lowest BCUT2D eigenvalue weighted by molar-refractivity contribution is 0.158. The number of benzene rings is 2. The molecule has 0 spiro atoms. The average molecular weight is 553 g/mol. The van der Waals surface area contributed by atoms with Crippen LogP contribution in [0, 0.1) is 0 Å². The first-order chi connectivity index (χ1) is 15.1. The van der Waals surface area contributed by atoms with Gasteiger partial charge in [0.05, 0.1) is 13.7 Å². The van der Waals surface area contributed by atoms with Gasteiger partial charge in [0, 0.05) is 32.2 Å². The maximum atomic E-state index is 5.97. The van der Waals surface area contributed by atoms with Crippen LogP contribution in [0.25, 0.3) is 0 Å². The van der Waals surface area contributed by atoms with Crippen molar-refractivity contribution in [3.8, 4) is 11.5 Å². The first kappa shape index (κ1) is 26.3. The van der Waals surface area contributed by atoms with E-state index in [1.165, 1.54) is 5.56 Å². The van der Waals surface area contributed by atoms with E-state index in [4.69, 9.17) is 9.47 Å². The minimum absolute atomic E-state index is 0. The second-order valence-corrected chi connectivity index (χ2v) is 8.10. The molecule has 1 aliphatic rings. The van der Waals surface area contributed by atoms with E-state index in [0.717, 1.165) is 43.4 Å². The van der Waals surface area contributed by atoms with Crippen LogP contribution in [0.4, 0.5) is 0 Å². The molecule has 2 aromatic rings. The molecule has 1 fully saturated rings. The lowest BCUT2D eigenvalue weighted by atomic mass is 10.0. The zero-order valence-electron chi connectivity index (χ0n) is 19.6. The van der Waals surface area contributed by atoms with Gasteiger partial charge < -0.3 is 20.1 Å². The molecule has 0 aromatic heterocycles. The molecule has 0 bridgehead atoms. The summed E-state index contributed by atoms with van der Waals surface area (Å²) in [7, 11) is 3.48. The van der Waals surface area contributed by atoms with Gasteiger partial charge in [-0.1, -0.05) is 30.3 Å². The molecule has 2 atom stereocenters. The van der Waals surface area contributed by atoms with Crippen LogP contribution < -0.4 is 20.1 Å². The maximum Gasteiger partial charge on any atom is 0.191 e. The molecule has 1 saturated heterocycles. The van der Waals surface area contributed by atoms with Crippen molar-refractivity contribution < 1.29 is 9.47 Å². The highest BCUT2D eigenvalue weighted by molar-refractivity contribution is 14.0. The summed E-state index contributed by atoms with van der Waals surface area (Å²) in [6.07, 6.45) is 2.23. The maximum absolute atomic E-state index is 5.97. The molecular formula is C25H37IN4O2. The zero-order chi connectivity index (χ0) is 22.1. The Morgan fingerprint density at radius 3 is 2.25 bits per heavy atom. The van der Waals surface area contributed by atoms with Crippen LogP contribution in [-0.2, 0) is 0 Å². The van der Waals surface area contributed by atoms with Crippen molar-refractivity contribution in [3.63, 3.8) is 0 Å². The van der Waals surface area contributed by atoms with Gasteiger partial charge in [0.2, 0.25) is 0 Å². The van der Waals surface area contributed by atoms with E-state index in [1.54, 1.807) is 7.11 Å². The fourth-order valence-corrected chi connectivity index (χ4v) is 3.93. The van der Waals surface area contributed by atoms with Crippen LogP contribution in [0.5, 0.6) is 11.5 Å². The summed E-state index contributed by atoms with van der Waals surface area (Å²) >= 11 is 0. The zero-order valence-corrected chi connectivity index (χ0v) is 21.9. The standard InChI is InChI=1S/C25H36N4O2.HI/c1-19(31-24-12-10-23(30-4)11-13-24)18-27-25(26-3)28-22-14-16-29(17-15-22)20(2)21-8-6-5-7-9-21;/h5-13,19-20,22H,14-18H2,1-4H3,(H2,26,27,28);1H. The Hall–Kier alpha value is -2.00. The molecule has 1 aliphatic heterocycles. The molecule has 0 saturated carbocycles. The van der Waals surface area contributed by atoms with Gasteiger partial charge in [0.15, 0.2) is 5.96 Å². The number of aliphatic imine (C=N–C) groups is 1. The Morgan fingerprint density at radius 2 is 1.66 bits per heavy atom. The third-order valence-electron chi connectivity index (χ3n) is 5.88. The predicted molar refractivity (Wildman–Crippen MR) is 142 cm³/mol. The van der Waals surface area contributed by atoms with Crippen molar-refractivity contribution in [2.24, 2.45) is 4.99 Å². The summed E-state index contributed by atoms with van der Waals surface area (Å²) in [6.45, 7) is 7.20. The van der Waals surface area contributed by atoms with Gasteiger partial charge in [-0.3, -0.25) is 9.89 Å². The van der Waals surface area contributed by atoms with Crippen LogP contribution in [0.15, 0.2) is 59.6 Å². The predicted octanol–water partition coefficient (Wildman–Crippen LogP) is 4.47. The van der Waals surface area contributed by atoms with Gasteiger partial charge in [-0.05, 0) is 56.5 Å². The van der Waals surface area contributed by atoms with E-state index >= 15 is 0 Å². The summed E-state index contributed by atoms with van der Waals surface area (Å²) in [5, 5.41) is 6.97. The second-order valence-electron chi connectivity index (χ2n) is 8.10.